The summed E-state index contributed by atoms with van der Waals surface area (Å²) in [7, 11) is 0. The lowest BCUT2D eigenvalue weighted by Crippen LogP contribution is -2.29. The SMILES string of the molecule is N#Cc1ccccc1NCC(=O)NCc1cccnc1. The van der Waals surface area contributed by atoms with Crippen molar-refractivity contribution in [2.45, 2.75) is 6.54 Å². The minimum atomic E-state index is -0.137. The van der Waals surface area contributed by atoms with Crippen LogP contribution in [0.2, 0.25) is 0 Å². The first kappa shape index (κ1) is 13.6. The molecule has 0 aliphatic heterocycles. The number of nitrogens with zero attached hydrogens (tertiary/aromatic N) is 2. The number of anilines is 1. The van der Waals surface area contributed by atoms with E-state index in [-0.39, 0.29) is 12.5 Å². The Bertz CT molecular complexity index is 619. The number of aromatic nitrogens is 1. The number of carbonyl (C=O) groups excluding carboxylic acids is 1. The Morgan fingerprint density at radius 2 is 2.10 bits per heavy atom. The van der Waals surface area contributed by atoms with Gasteiger partial charge in [0, 0.05) is 18.9 Å². The molecule has 100 valence electrons. The van der Waals surface area contributed by atoms with Crippen LogP contribution in [0.25, 0.3) is 0 Å². The average molecular weight is 266 g/mol. The highest BCUT2D eigenvalue weighted by Crippen LogP contribution is 2.12. The number of benzene rings is 1. The number of nitriles is 1. The normalized spacial score (nSPS) is 9.55. The number of hydrogen-bond acceptors (Lipinski definition) is 4. The van der Waals surface area contributed by atoms with Crippen LogP contribution in [0, 0.1) is 11.3 Å². The van der Waals surface area contributed by atoms with Gasteiger partial charge in [-0.05, 0) is 23.8 Å². The van der Waals surface area contributed by atoms with Crippen LogP contribution in [0.1, 0.15) is 11.1 Å². The summed E-state index contributed by atoms with van der Waals surface area (Å²) >= 11 is 0. The second-order valence-electron chi connectivity index (χ2n) is 4.15. The molecule has 2 rings (SSSR count). The highest BCUT2D eigenvalue weighted by Gasteiger charge is 2.04. The van der Waals surface area contributed by atoms with Crippen LogP contribution in [0.15, 0.2) is 48.8 Å². The molecule has 1 amide bonds. The molecule has 0 saturated carbocycles. The van der Waals surface area contributed by atoms with Crippen molar-refractivity contribution < 1.29 is 4.79 Å². The molecule has 5 heteroatoms. The zero-order valence-corrected chi connectivity index (χ0v) is 10.8. The molecule has 0 unspecified atom stereocenters. The smallest absolute Gasteiger partial charge is 0.239 e. The van der Waals surface area contributed by atoms with E-state index in [1.54, 1.807) is 30.6 Å². The molecule has 1 aromatic carbocycles. The van der Waals surface area contributed by atoms with Gasteiger partial charge in [0.1, 0.15) is 6.07 Å². The van der Waals surface area contributed by atoms with Gasteiger partial charge in [0.05, 0.1) is 17.8 Å². The van der Waals surface area contributed by atoms with Crippen LogP contribution in [0.5, 0.6) is 0 Å². The molecule has 0 aliphatic rings. The predicted octanol–water partition coefficient (Wildman–Crippen LogP) is 1.68. The van der Waals surface area contributed by atoms with E-state index in [0.717, 1.165) is 5.56 Å². The van der Waals surface area contributed by atoms with Gasteiger partial charge in [-0.15, -0.1) is 0 Å². The Kier molecular flexibility index (Phi) is 4.68. The van der Waals surface area contributed by atoms with E-state index in [9.17, 15) is 4.79 Å². The fraction of sp³-hybridized carbons (Fsp3) is 0.133. The summed E-state index contributed by atoms with van der Waals surface area (Å²) in [5, 5.41) is 14.7. The number of nitrogens with one attached hydrogen (secondary N) is 2. The van der Waals surface area contributed by atoms with Crippen LogP contribution in [-0.4, -0.2) is 17.4 Å². The molecular formula is C15H14N4O. The van der Waals surface area contributed by atoms with Crippen molar-refractivity contribution in [3.8, 4) is 6.07 Å². The lowest BCUT2D eigenvalue weighted by molar-refractivity contribution is -0.119. The Balaban J connectivity index is 1.82. The van der Waals surface area contributed by atoms with E-state index in [1.165, 1.54) is 0 Å². The molecule has 0 fully saturated rings. The summed E-state index contributed by atoms with van der Waals surface area (Å²) in [4.78, 5) is 15.7. The zero-order chi connectivity index (χ0) is 14.2. The van der Waals surface area contributed by atoms with Crippen molar-refractivity contribution in [2.24, 2.45) is 0 Å². The third-order valence-corrected chi connectivity index (χ3v) is 2.70. The van der Waals surface area contributed by atoms with Gasteiger partial charge in [-0.25, -0.2) is 0 Å². The number of para-hydroxylation sites is 1. The minimum Gasteiger partial charge on any atom is -0.375 e. The van der Waals surface area contributed by atoms with Crippen LogP contribution >= 0.6 is 0 Å². The van der Waals surface area contributed by atoms with Gasteiger partial charge in [0.15, 0.2) is 0 Å². The van der Waals surface area contributed by atoms with Gasteiger partial charge >= 0.3 is 0 Å². The number of rotatable bonds is 5. The van der Waals surface area contributed by atoms with E-state index in [0.29, 0.717) is 17.8 Å². The van der Waals surface area contributed by atoms with Crippen molar-refractivity contribution >= 4 is 11.6 Å². The van der Waals surface area contributed by atoms with Gasteiger partial charge in [0.25, 0.3) is 0 Å². The molecule has 5 nitrogen and oxygen atoms in total. The lowest BCUT2D eigenvalue weighted by atomic mass is 10.2. The number of hydrogen-bond donors (Lipinski definition) is 2. The molecule has 2 N–H and O–H groups in total. The molecule has 20 heavy (non-hydrogen) atoms. The van der Waals surface area contributed by atoms with Gasteiger partial charge in [-0.1, -0.05) is 18.2 Å². The van der Waals surface area contributed by atoms with Gasteiger partial charge in [-0.3, -0.25) is 9.78 Å². The van der Waals surface area contributed by atoms with Crippen molar-refractivity contribution in [3.05, 3.63) is 59.9 Å². The second-order valence-corrected chi connectivity index (χ2v) is 4.15. The highest BCUT2D eigenvalue weighted by atomic mass is 16.1. The maximum absolute atomic E-state index is 11.7. The van der Waals surface area contributed by atoms with Crippen LogP contribution < -0.4 is 10.6 Å². The molecule has 2 aromatic rings. The fourth-order valence-electron chi connectivity index (χ4n) is 1.68. The first-order valence-corrected chi connectivity index (χ1v) is 6.18. The minimum absolute atomic E-state index is 0.124. The zero-order valence-electron chi connectivity index (χ0n) is 10.8. The van der Waals surface area contributed by atoms with Crippen LogP contribution in [0.3, 0.4) is 0 Å². The van der Waals surface area contributed by atoms with E-state index in [4.69, 9.17) is 5.26 Å². The summed E-state index contributed by atoms with van der Waals surface area (Å²) in [6.45, 7) is 0.563. The standard InChI is InChI=1S/C15H14N4O/c16-8-13-5-1-2-6-14(13)18-11-15(20)19-10-12-4-3-7-17-9-12/h1-7,9,18H,10-11H2,(H,19,20). The quantitative estimate of drug-likeness (QED) is 0.863. The summed E-state index contributed by atoms with van der Waals surface area (Å²) in [6.07, 6.45) is 3.39. The Morgan fingerprint density at radius 3 is 2.85 bits per heavy atom. The van der Waals surface area contributed by atoms with E-state index < -0.39 is 0 Å². The summed E-state index contributed by atoms with van der Waals surface area (Å²) in [6, 6.07) is 12.9. The molecular weight excluding hydrogens is 252 g/mol. The number of pyridine rings is 1. The monoisotopic (exact) mass is 266 g/mol. The Labute approximate surface area is 117 Å². The summed E-state index contributed by atoms with van der Waals surface area (Å²) < 4.78 is 0. The van der Waals surface area contributed by atoms with E-state index in [2.05, 4.69) is 21.7 Å². The fourth-order valence-corrected chi connectivity index (χ4v) is 1.68. The molecule has 0 aliphatic carbocycles. The van der Waals surface area contributed by atoms with Crippen molar-refractivity contribution in [1.82, 2.24) is 10.3 Å². The van der Waals surface area contributed by atoms with Gasteiger partial charge < -0.3 is 10.6 Å². The Hall–Kier alpha value is -2.87. The molecule has 0 atom stereocenters. The number of amides is 1. The highest BCUT2D eigenvalue weighted by molar-refractivity contribution is 5.81. The topological polar surface area (TPSA) is 77.8 Å². The van der Waals surface area contributed by atoms with Gasteiger partial charge in [0.2, 0.25) is 5.91 Å². The molecule has 0 spiro atoms. The molecule has 0 bridgehead atoms. The first-order valence-electron chi connectivity index (χ1n) is 6.18. The maximum Gasteiger partial charge on any atom is 0.239 e. The van der Waals surface area contributed by atoms with Crippen molar-refractivity contribution in [2.75, 3.05) is 11.9 Å². The molecule has 1 heterocycles. The van der Waals surface area contributed by atoms with E-state index >= 15 is 0 Å². The third kappa shape index (κ3) is 3.82. The van der Waals surface area contributed by atoms with Crippen molar-refractivity contribution in [3.63, 3.8) is 0 Å². The van der Waals surface area contributed by atoms with Gasteiger partial charge in [-0.2, -0.15) is 5.26 Å². The molecule has 0 saturated heterocycles. The van der Waals surface area contributed by atoms with Crippen LogP contribution in [-0.2, 0) is 11.3 Å². The predicted molar refractivity (Wildman–Crippen MR) is 75.7 cm³/mol. The van der Waals surface area contributed by atoms with Crippen molar-refractivity contribution in [1.29, 1.82) is 5.26 Å². The summed E-state index contributed by atoms with van der Waals surface area (Å²) in [5.41, 5.74) is 2.12. The second kappa shape index (κ2) is 6.90. The third-order valence-electron chi connectivity index (χ3n) is 2.70. The molecule has 0 radical (unpaired) electrons. The lowest BCUT2D eigenvalue weighted by Gasteiger charge is -2.08. The van der Waals surface area contributed by atoms with Crippen LogP contribution in [0.4, 0.5) is 5.69 Å². The molecule has 1 aromatic heterocycles. The summed E-state index contributed by atoms with van der Waals surface area (Å²) in [5.74, 6) is -0.137. The first-order chi connectivity index (χ1) is 9.79. The largest absolute Gasteiger partial charge is 0.375 e. The number of carbonyl (C=O) groups is 1. The van der Waals surface area contributed by atoms with E-state index in [1.807, 2.05) is 18.2 Å². The Morgan fingerprint density at radius 1 is 1.25 bits per heavy atom. The average Bonchev–Trinajstić information content (AvgIpc) is 2.52. The maximum atomic E-state index is 11.7.